The maximum Gasteiger partial charge on any atom is 0.175 e. The Hall–Kier alpha value is -6.24. The molecule has 0 fully saturated rings. The molecule has 4 aromatic carbocycles. The second kappa shape index (κ2) is 22.9. The van der Waals surface area contributed by atoms with Crippen molar-refractivity contribution < 1.29 is 60.3 Å². The second-order valence-corrected chi connectivity index (χ2v) is 11.2. The maximum atomic E-state index is 13.0. The molecule has 2 atom stereocenters. The Kier molecular flexibility index (Phi) is 18.7. The fraction of sp³-hybridized carbons (Fsp3) is 0.200. The average molecular weight is 816 g/mol. The first kappa shape index (κ1) is 45.9. The van der Waals surface area contributed by atoms with Crippen LogP contribution in [-0.4, -0.2) is 63.7 Å². The van der Waals surface area contributed by atoms with Crippen LogP contribution in [0.25, 0.3) is 10.4 Å². The molecular weight excluding hydrogens is 786 g/mol. The molecule has 21 heteroatoms. The highest BCUT2D eigenvalue weighted by Crippen LogP contribution is 2.20. The lowest BCUT2D eigenvalue weighted by Crippen LogP contribution is -2.12. The molecule has 298 valence electrons. The monoisotopic (exact) mass is 815 g/mol. The van der Waals surface area contributed by atoms with Crippen LogP contribution in [0.4, 0.5) is 35.1 Å². The number of aliphatic hydroxyl groups excluding tert-OH is 1. The van der Waals surface area contributed by atoms with Gasteiger partial charge in [0.15, 0.2) is 11.3 Å². The van der Waals surface area contributed by atoms with E-state index in [0.29, 0.717) is 41.5 Å². The number of benzene rings is 4. The van der Waals surface area contributed by atoms with Crippen molar-refractivity contribution in [3.8, 4) is 0 Å². The molecule has 3 N–H and O–H groups in total. The van der Waals surface area contributed by atoms with Gasteiger partial charge in [-0.25, -0.2) is 35.1 Å². The lowest BCUT2D eigenvalue weighted by Gasteiger charge is -2.02. The molecule has 0 unspecified atom stereocenters. The molecule has 0 amide bonds. The average Bonchev–Trinajstić information content (AvgIpc) is 3.80. The van der Waals surface area contributed by atoms with E-state index in [2.05, 4.69) is 30.6 Å². The molecule has 0 saturated carbocycles. The van der Waals surface area contributed by atoms with E-state index in [1.165, 1.54) is 24.3 Å². The molecule has 4 aromatic rings. The van der Waals surface area contributed by atoms with Gasteiger partial charge < -0.3 is 25.2 Å². The van der Waals surface area contributed by atoms with Crippen LogP contribution in [0.15, 0.2) is 98.5 Å². The number of aliphatic hydroxyl groups is 1. The van der Waals surface area contributed by atoms with E-state index in [4.69, 9.17) is 42.3 Å². The van der Waals surface area contributed by atoms with Gasteiger partial charge in [-0.05, 0) is 54.1 Å². The Labute approximate surface area is 317 Å². The summed E-state index contributed by atoms with van der Waals surface area (Å²) < 4.78 is 101. The molecule has 2 aliphatic heterocycles. The van der Waals surface area contributed by atoms with Gasteiger partial charge in [0.1, 0.15) is 52.6 Å². The van der Waals surface area contributed by atoms with Crippen LogP contribution < -0.4 is 0 Å². The van der Waals surface area contributed by atoms with Crippen molar-refractivity contribution in [3.05, 3.63) is 152 Å². The zero-order chi connectivity index (χ0) is 40.5. The zero-order valence-electron chi connectivity index (χ0n) is 27.7. The molecule has 0 radical (unpaired) electrons. The van der Waals surface area contributed by atoms with Crippen molar-refractivity contribution in [2.45, 2.75) is 32.5 Å². The minimum atomic E-state index is -0.771. The van der Waals surface area contributed by atoms with Gasteiger partial charge in [0.25, 0.3) is 0 Å². The van der Waals surface area contributed by atoms with Crippen LogP contribution in [0.5, 0.6) is 0 Å². The van der Waals surface area contributed by atoms with E-state index in [-0.39, 0.29) is 43.0 Å². The molecule has 12 nitrogen and oxygen atoms in total. The van der Waals surface area contributed by atoms with Crippen LogP contribution in [-0.2, 0) is 9.68 Å². The Morgan fingerprint density at radius 2 is 1.09 bits per heavy atom. The fourth-order valence-corrected chi connectivity index (χ4v) is 4.52. The van der Waals surface area contributed by atoms with Gasteiger partial charge in [-0.3, -0.25) is 0 Å². The van der Waals surface area contributed by atoms with E-state index >= 15 is 0 Å². The quantitative estimate of drug-likeness (QED) is 0.0320. The molecule has 56 heavy (non-hydrogen) atoms. The van der Waals surface area contributed by atoms with Crippen molar-refractivity contribution in [2.24, 2.45) is 25.7 Å². The Morgan fingerprint density at radius 3 is 1.46 bits per heavy atom. The van der Waals surface area contributed by atoms with E-state index in [9.17, 15) is 35.1 Å². The minimum Gasteiger partial charge on any atom is -0.411 e. The summed E-state index contributed by atoms with van der Waals surface area (Å²) in [5, 5.41) is 40.6. The van der Waals surface area contributed by atoms with Crippen molar-refractivity contribution in [1.82, 2.24) is 0 Å². The van der Waals surface area contributed by atoms with Crippen LogP contribution in [0.2, 0.25) is 0 Å². The molecule has 2 aliphatic rings. The number of oxime groups is 4. The van der Waals surface area contributed by atoms with E-state index in [1.807, 2.05) is 0 Å². The third kappa shape index (κ3) is 15.2. The van der Waals surface area contributed by atoms with Gasteiger partial charge >= 0.3 is 0 Å². The summed E-state index contributed by atoms with van der Waals surface area (Å²) in [5.41, 5.74) is 9.92. The van der Waals surface area contributed by atoms with Crippen molar-refractivity contribution in [2.75, 3.05) is 13.2 Å². The highest BCUT2D eigenvalue weighted by molar-refractivity contribution is 6.69. The first-order chi connectivity index (χ1) is 26.2. The van der Waals surface area contributed by atoms with Crippen LogP contribution in [0.1, 0.15) is 42.5 Å². The smallest absolute Gasteiger partial charge is 0.175 e. The van der Waals surface area contributed by atoms with E-state index in [1.54, 1.807) is 0 Å². The number of hydrogen-bond donors (Lipinski definition) is 3. The molecule has 6 rings (SSSR count). The van der Waals surface area contributed by atoms with E-state index < -0.39 is 52.6 Å². The van der Waals surface area contributed by atoms with Crippen LogP contribution in [0.3, 0.4) is 0 Å². The predicted octanol–water partition coefficient (Wildman–Crippen LogP) is 8.97. The van der Waals surface area contributed by atoms with Crippen molar-refractivity contribution in [3.63, 3.8) is 0 Å². The summed E-state index contributed by atoms with van der Waals surface area (Å²) in [7, 11) is 0. The Morgan fingerprint density at radius 1 is 0.696 bits per heavy atom. The van der Waals surface area contributed by atoms with Crippen LogP contribution >= 0.6 is 11.6 Å². The fourth-order valence-electron chi connectivity index (χ4n) is 4.41. The first-order valence-electron chi connectivity index (χ1n) is 15.2. The zero-order valence-corrected chi connectivity index (χ0v) is 28.4. The normalized spacial score (nSPS) is 15.5. The Balaban J connectivity index is 0.000000260. The summed E-state index contributed by atoms with van der Waals surface area (Å²) in [6.07, 6.45) is 0.895. The first-order valence-corrected chi connectivity index (χ1v) is 15.6. The second-order valence-electron chi connectivity index (χ2n) is 10.8. The molecule has 0 spiro atoms. The van der Waals surface area contributed by atoms with Crippen LogP contribution in [0, 0.1) is 46.5 Å². The molecule has 0 saturated heterocycles. The summed E-state index contributed by atoms with van der Waals surface area (Å²) in [4.78, 5) is 12.4. The largest absolute Gasteiger partial charge is 0.411 e. The molecule has 0 aliphatic carbocycles. The third-order valence-corrected chi connectivity index (χ3v) is 6.98. The highest BCUT2D eigenvalue weighted by atomic mass is 35.5. The summed E-state index contributed by atoms with van der Waals surface area (Å²) in [6, 6.07) is 11.8. The number of halogens is 9. The molecule has 0 aromatic heterocycles. The number of azide groups is 1. The minimum absolute atomic E-state index is 0. The lowest BCUT2D eigenvalue weighted by molar-refractivity contribution is 0.0390. The molecular formula is C35H30ClF8N7O5. The standard InChI is InChI=1S/C10H8F2N4O.C10H9F2NO2.C7H4ClF2NO.C7H5F2NO.CH4/c11-7-1-6(2-8(12)3-7)10-4-9(17-15-10)5-14-16-13;11-7-1-6(2-8(12)3-7)10-4-9(5-14)15-13-10;8-7(11-12)4-1-5(9)3-6(10)2-4;8-6-1-5(4-10-11)2-7(9)3-6;/h1-3,9H,4-5H2;1-3,9,14H,4-5H2;1-3,12H;1-4,11H;1H4/b;;11-7+;10-4-;/t2*9-;;;/m11.../s1. The van der Waals surface area contributed by atoms with Gasteiger partial charge in [0.2, 0.25) is 0 Å². The van der Waals surface area contributed by atoms with Gasteiger partial charge in [0, 0.05) is 64.3 Å². The number of nitrogens with zero attached hydrogens (tertiary/aromatic N) is 7. The number of hydrogen-bond acceptors (Lipinski definition) is 10. The topological polar surface area (TPSA) is 177 Å². The van der Waals surface area contributed by atoms with Gasteiger partial charge in [-0.1, -0.05) is 44.8 Å². The molecule has 0 bridgehead atoms. The molecule has 2 heterocycles. The lowest BCUT2D eigenvalue weighted by atomic mass is 10.0. The summed E-state index contributed by atoms with van der Waals surface area (Å²) in [6.45, 7) is -0.0217. The van der Waals surface area contributed by atoms with E-state index in [0.717, 1.165) is 48.7 Å². The Bertz CT molecular complexity index is 2040. The van der Waals surface area contributed by atoms with Crippen molar-refractivity contribution in [1.29, 1.82) is 0 Å². The van der Waals surface area contributed by atoms with Gasteiger partial charge in [-0.15, -0.1) is 0 Å². The highest BCUT2D eigenvalue weighted by Gasteiger charge is 2.23. The predicted molar refractivity (Wildman–Crippen MR) is 189 cm³/mol. The SMILES string of the molecule is C.O/N=C(/Cl)c1cc(F)cc(F)c1.O/N=C\c1cc(F)cc(F)c1.OC[C@H]1CC(c2cc(F)cc(F)c2)=NO1.[N-]=[N+]=NC[C@H]1CC(c2cc(F)cc(F)c2)=NO1. The third-order valence-electron chi connectivity index (χ3n) is 6.69. The number of rotatable bonds is 7. The van der Waals surface area contributed by atoms with Gasteiger partial charge in [-0.2, -0.15) is 0 Å². The maximum absolute atomic E-state index is 13.0. The van der Waals surface area contributed by atoms with Crippen molar-refractivity contribution >= 4 is 34.4 Å². The summed E-state index contributed by atoms with van der Waals surface area (Å²) in [5.74, 6) is -5.57. The summed E-state index contributed by atoms with van der Waals surface area (Å²) >= 11 is 5.30. The van der Waals surface area contributed by atoms with Gasteiger partial charge in [0.05, 0.1) is 30.8 Å².